The van der Waals surface area contributed by atoms with Crippen LogP contribution in [-0.4, -0.2) is 41.3 Å². The first-order valence-electron chi connectivity index (χ1n) is 9.00. The SMILES string of the molecule is Cc1cc(NC(=O)c2ccco2)sc1C(=O)N1CCNCC1c1cccnc1.Cl. The number of furan rings is 1. The number of halogens is 1. The molecule has 4 rings (SSSR count). The zero-order valence-corrected chi connectivity index (χ0v) is 17.4. The highest BCUT2D eigenvalue weighted by molar-refractivity contribution is 7.18. The topological polar surface area (TPSA) is 87.5 Å². The van der Waals surface area contributed by atoms with Gasteiger partial charge in [-0.1, -0.05) is 6.07 Å². The van der Waals surface area contributed by atoms with Gasteiger partial charge in [-0.05, 0) is 42.3 Å². The van der Waals surface area contributed by atoms with E-state index in [1.54, 1.807) is 24.5 Å². The molecule has 0 saturated carbocycles. The fourth-order valence-electron chi connectivity index (χ4n) is 3.29. The van der Waals surface area contributed by atoms with Crippen molar-refractivity contribution in [2.75, 3.05) is 25.0 Å². The molecule has 3 aromatic rings. The van der Waals surface area contributed by atoms with Crippen molar-refractivity contribution in [1.29, 1.82) is 0 Å². The van der Waals surface area contributed by atoms with Gasteiger partial charge < -0.3 is 20.0 Å². The second-order valence-electron chi connectivity index (χ2n) is 6.56. The van der Waals surface area contributed by atoms with Gasteiger partial charge >= 0.3 is 0 Å². The number of thiophene rings is 1. The lowest BCUT2D eigenvalue weighted by Gasteiger charge is -2.36. The van der Waals surface area contributed by atoms with Crippen LogP contribution in [0.4, 0.5) is 5.00 Å². The van der Waals surface area contributed by atoms with Crippen molar-refractivity contribution in [3.8, 4) is 0 Å². The van der Waals surface area contributed by atoms with Gasteiger partial charge in [0, 0.05) is 32.0 Å². The van der Waals surface area contributed by atoms with Crippen LogP contribution in [0, 0.1) is 6.92 Å². The van der Waals surface area contributed by atoms with Crippen molar-refractivity contribution in [3.05, 3.63) is 70.8 Å². The predicted molar refractivity (Wildman–Crippen MR) is 114 cm³/mol. The van der Waals surface area contributed by atoms with Gasteiger partial charge in [0.05, 0.1) is 22.2 Å². The van der Waals surface area contributed by atoms with E-state index in [2.05, 4.69) is 15.6 Å². The molecule has 0 bridgehead atoms. The number of hydrogen-bond acceptors (Lipinski definition) is 6. The van der Waals surface area contributed by atoms with Crippen molar-refractivity contribution in [2.24, 2.45) is 0 Å². The summed E-state index contributed by atoms with van der Waals surface area (Å²) in [7, 11) is 0. The Kier molecular flexibility index (Phi) is 6.68. The summed E-state index contributed by atoms with van der Waals surface area (Å²) in [6, 6.07) is 8.87. The maximum Gasteiger partial charge on any atom is 0.291 e. The van der Waals surface area contributed by atoms with E-state index >= 15 is 0 Å². The van der Waals surface area contributed by atoms with Crippen LogP contribution >= 0.6 is 23.7 Å². The summed E-state index contributed by atoms with van der Waals surface area (Å²) in [4.78, 5) is 32.2. The smallest absolute Gasteiger partial charge is 0.291 e. The summed E-state index contributed by atoms with van der Waals surface area (Å²) in [5.41, 5.74) is 1.84. The second-order valence-corrected chi connectivity index (χ2v) is 7.61. The number of nitrogens with one attached hydrogen (secondary N) is 2. The molecule has 29 heavy (non-hydrogen) atoms. The summed E-state index contributed by atoms with van der Waals surface area (Å²) < 4.78 is 5.11. The van der Waals surface area contributed by atoms with Gasteiger partial charge in [0.25, 0.3) is 11.8 Å². The van der Waals surface area contributed by atoms with Crippen LogP contribution in [0.25, 0.3) is 0 Å². The Labute approximate surface area is 178 Å². The van der Waals surface area contributed by atoms with Crippen LogP contribution in [-0.2, 0) is 0 Å². The number of piperazine rings is 1. The summed E-state index contributed by atoms with van der Waals surface area (Å²) in [5.74, 6) is -0.130. The van der Waals surface area contributed by atoms with Crippen LogP contribution in [0.2, 0.25) is 0 Å². The minimum atomic E-state index is -0.333. The predicted octanol–water partition coefficient (Wildman–Crippen LogP) is 3.51. The van der Waals surface area contributed by atoms with Gasteiger partial charge in [0.15, 0.2) is 5.76 Å². The quantitative estimate of drug-likeness (QED) is 0.658. The molecular formula is C20H21ClN4O3S. The van der Waals surface area contributed by atoms with Crippen LogP contribution in [0.1, 0.15) is 37.4 Å². The second kappa shape index (κ2) is 9.21. The summed E-state index contributed by atoms with van der Waals surface area (Å²) >= 11 is 1.28. The van der Waals surface area contributed by atoms with Crippen molar-refractivity contribution in [2.45, 2.75) is 13.0 Å². The maximum atomic E-state index is 13.3. The molecule has 0 radical (unpaired) electrons. The van der Waals surface area contributed by atoms with Crippen molar-refractivity contribution in [3.63, 3.8) is 0 Å². The Morgan fingerprint density at radius 1 is 1.34 bits per heavy atom. The molecule has 9 heteroatoms. The van der Waals surface area contributed by atoms with E-state index in [-0.39, 0.29) is 36.0 Å². The lowest BCUT2D eigenvalue weighted by atomic mass is 10.0. The Morgan fingerprint density at radius 2 is 2.21 bits per heavy atom. The lowest BCUT2D eigenvalue weighted by Crippen LogP contribution is -2.48. The van der Waals surface area contributed by atoms with Crippen molar-refractivity contribution >= 4 is 40.6 Å². The molecular weight excluding hydrogens is 412 g/mol. The van der Waals surface area contributed by atoms with Gasteiger partial charge in [-0.3, -0.25) is 14.6 Å². The first-order chi connectivity index (χ1) is 13.6. The molecule has 4 heterocycles. The largest absolute Gasteiger partial charge is 0.459 e. The van der Waals surface area contributed by atoms with Gasteiger partial charge in [0.1, 0.15) is 0 Å². The number of anilines is 1. The van der Waals surface area contributed by atoms with Gasteiger partial charge in [-0.15, -0.1) is 23.7 Å². The maximum absolute atomic E-state index is 13.3. The first-order valence-corrected chi connectivity index (χ1v) is 9.82. The fraction of sp³-hybridized carbons (Fsp3) is 0.250. The van der Waals surface area contributed by atoms with E-state index in [9.17, 15) is 9.59 Å². The number of hydrogen-bond donors (Lipinski definition) is 2. The third-order valence-electron chi connectivity index (χ3n) is 4.67. The average molecular weight is 433 g/mol. The molecule has 2 amide bonds. The fourth-order valence-corrected chi connectivity index (χ4v) is 4.31. The molecule has 0 aromatic carbocycles. The lowest BCUT2D eigenvalue weighted by molar-refractivity contribution is 0.0638. The molecule has 0 aliphatic carbocycles. The average Bonchev–Trinajstić information content (AvgIpc) is 3.38. The molecule has 3 aromatic heterocycles. The number of aromatic nitrogens is 1. The molecule has 1 atom stereocenters. The number of carbonyl (C=O) groups is 2. The molecule has 2 N–H and O–H groups in total. The Balaban J connectivity index is 0.00000240. The van der Waals surface area contributed by atoms with Crippen molar-refractivity contribution in [1.82, 2.24) is 15.2 Å². The Morgan fingerprint density at radius 3 is 2.93 bits per heavy atom. The zero-order valence-electron chi connectivity index (χ0n) is 15.8. The molecule has 1 aliphatic rings. The van der Waals surface area contributed by atoms with E-state index in [1.807, 2.05) is 30.0 Å². The highest BCUT2D eigenvalue weighted by Gasteiger charge is 2.30. The van der Waals surface area contributed by atoms with E-state index in [1.165, 1.54) is 17.6 Å². The number of aryl methyl sites for hydroxylation is 1. The number of pyridine rings is 1. The van der Waals surface area contributed by atoms with Gasteiger partial charge in [-0.2, -0.15) is 0 Å². The molecule has 1 unspecified atom stereocenters. The molecule has 1 aliphatic heterocycles. The Bertz CT molecular complexity index is 975. The van der Waals surface area contributed by atoms with Gasteiger partial charge in [-0.25, -0.2) is 0 Å². The molecule has 7 nitrogen and oxygen atoms in total. The van der Waals surface area contributed by atoms with E-state index in [0.717, 1.165) is 17.7 Å². The van der Waals surface area contributed by atoms with Crippen LogP contribution in [0.3, 0.4) is 0 Å². The molecule has 152 valence electrons. The molecule has 1 fully saturated rings. The van der Waals surface area contributed by atoms with E-state index < -0.39 is 0 Å². The number of carbonyl (C=O) groups excluding carboxylic acids is 2. The Hall–Kier alpha value is -2.68. The van der Waals surface area contributed by atoms with Gasteiger partial charge in [0.2, 0.25) is 0 Å². The standard InChI is InChI=1S/C20H20N4O3S.ClH/c1-13-10-17(23-19(25)16-5-3-9-27-16)28-18(13)20(26)24-8-7-22-12-15(24)14-4-2-6-21-11-14;/h2-6,9-11,15,22H,7-8,12H2,1H3,(H,23,25);1H. The highest BCUT2D eigenvalue weighted by Crippen LogP contribution is 2.31. The minimum absolute atomic E-state index is 0. The minimum Gasteiger partial charge on any atom is -0.459 e. The molecule has 1 saturated heterocycles. The summed E-state index contributed by atoms with van der Waals surface area (Å²) in [6.45, 7) is 3.93. The third-order valence-corrected chi connectivity index (χ3v) is 5.81. The van der Waals surface area contributed by atoms with E-state index in [0.29, 0.717) is 23.0 Å². The zero-order chi connectivity index (χ0) is 19.5. The monoisotopic (exact) mass is 432 g/mol. The number of amides is 2. The highest BCUT2D eigenvalue weighted by atomic mass is 35.5. The van der Waals surface area contributed by atoms with E-state index in [4.69, 9.17) is 4.42 Å². The number of rotatable bonds is 4. The van der Waals surface area contributed by atoms with Crippen molar-refractivity contribution < 1.29 is 14.0 Å². The third kappa shape index (κ3) is 4.50. The molecule has 0 spiro atoms. The van der Waals surface area contributed by atoms with Crippen LogP contribution < -0.4 is 10.6 Å². The van der Waals surface area contributed by atoms with Crippen LogP contribution in [0.15, 0.2) is 53.4 Å². The summed E-state index contributed by atoms with van der Waals surface area (Å²) in [6.07, 6.45) is 4.98. The first kappa shape index (κ1) is 21.0. The van der Waals surface area contributed by atoms with Crippen LogP contribution in [0.5, 0.6) is 0 Å². The normalized spacial score (nSPS) is 16.2. The summed E-state index contributed by atoms with van der Waals surface area (Å²) in [5, 5.41) is 6.77. The number of nitrogens with zero attached hydrogens (tertiary/aromatic N) is 2.